The number of aliphatic hydroxyl groups is 2. The summed E-state index contributed by atoms with van der Waals surface area (Å²) in [6.07, 6.45) is 22.7. The van der Waals surface area contributed by atoms with E-state index < -0.39 is 6.10 Å². The van der Waals surface area contributed by atoms with E-state index in [1.165, 1.54) is 77.0 Å². The Morgan fingerprint density at radius 2 is 1.21 bits per heavy atom. The van der Waals surface area contributed by atoms with Crippen molar-refractivity contribution in [2.45, 2.75) is 154 Å². The minimum absolute atomic E-state index is 0.00313. The van der Waals surface area contributed by atoms with E-state index in [-0.39, 0.29) is 18.7 Å². The number of carbonyl (C=O) groups is 1. The molecule has 33 heavy (non-hydrogen) atoms. The monoisotopic (exact) mass is 471 g/mol. The maximum Gasteiger partial charge on any atom is 0.306 e. The van der Waals surface area contributed by atoms with Gasteiger partial charge in [0.2, 0.25) is 0 Å². The van der Waals surface area contributed by atoms with Gasteiger partial charge in [0.05, 0.1) is 12.7 Å². The number of hydrogen-bond acceptors (Lipinski definition) is 5. The summed E-state index contributed by atoms with van der Waals surface area (Å²) in [6, 6.07) is 0. The molecule has 5 heteroatoms. The zero-order chi connectivity index (χ0) is 24.4. The maximum absolute atomic E-state index is 12.4. The molecule has 0 rings (SSSR count). The summed E-state index contributed by atoms with van der Waals surface area (Å²) in [7, 11) is 0. The average molecular weight is 472 g/mol. The topological polar surface area (TPSA) is 78.8 Å². The van der Waals surface area contributed by atoms with E-state index in [1.807, 2.05) is 0 Å². The van der Waals surface area contributed by atoms with Gasteiger partial charge in [-0.25, -0.2) is 0 Å². The molecule has 0 aliphatic heterocycles. The lowest BCUT2D eigenvalue weighted by molar-refractivity contribution is -0.150. The molecule has 5 nitrogen and oxygen atoms in total. The van der Waals surface area contributed by atoms with Crippen molar-refractivity contribution in [3.63, 3.8) is 0 Å². The van der Waals surface area contributed by atoms with Crippen LogP contribution in [0.3, 0.4) is 0 Å². The Balaban J connectivity index is 3.93. The number of ether oxygens (including phenoxy) is 1. The van der Waals surface area contributed by atoms with Crippen LogP contribution < -0.4 is 5.32 Å². The molecule has 0 aromatic carbocycles. The number of nitrogens with one attached hydrogen (secondary N) is 1. The summed E-state index contributed by atoms with van der Waals surface area (Å²) in [6.45, 7) is 5.61. The largest absolute Gasteiger partial charge is 0.462 e. The van der Waals surface area contributed by atoms with E-state index in [0.717, 1.165) is 51.5 Å². The third-order valence-electron chi connectivity index (χ3n) is 6.38. The molecule has 0 aromatic heterocycles. The second kappa shape index (κ2) is 26.0. The van der Waals surface area contributed by atoms with Crippen molar-refractivity contribution in [2.24, 2.45) is 0 Å². The fraction of sp³-hybridized carbons (Fsp3) is 0.964. The first-order valence-corrected chi connectivity index (χ1v) is 14.3. The zero-order valence-electron chi connectivity index (χ0n) is 22.1. The Kier molecular flexibility index (Phi) is 25.5. The van der Waals surface area contributed by atoms with Gasteiger partial charge in [-0.1, -0.05) is 97.3 Å². The summed E-state index contributed by atoms with van der Waals surface area (Å²) < 4.78 is 5.91. The first-order valence-electron chi connectivity index (χ1n) is 14.3. The van der Waals surface area contributed by atoms with Crippen molar-refractivity contribution in [1.82, 2.24) is 5.32 Å². The molecule has 198 valence electrons. The van der Waals surface area contributed by atoms with Crippen molar-refractivity contribution in [3.8, 4) is 0 Å². The summed E-state index contributed by atoms with van der Waals surface area (Å²) in [5.41, 5.74) is 0. The van der Waals surface area contributed by atoms with Gasteiger partial charge in [0, 0.05) is 13.0 Å². The predicted octanol–water partition coefficient (Wildman–Crippen LogP) is 6.68. The van der Waals surface area contributed by atoms with Gasteiger partial charge in [-0.05, 0) is 45.1 Å². The quantitative estimate of drug-likeness (QED) is 0.0968. The van der Waals surface area contributed by atoms with E-state index in [1.54, 1.807) is 0 Å². The van der Waals surface area contributed by atoms with E-state index >= 15 is 0 Å². The van der Waals surface area contributed by atoms with E-state index in [0.29, 0.717) is 13.0 Å². The average Bonchev–Trinajstić information content (AvgIpc) is 2.81. The highest BCUT2D eigenvalue weighted by molar-refractivity contribution is 5.69. The zero-order valence-corrected chi connectivity index (χ0v) is 22.1. The molecule has 0 fully saturated rings. The van der Waals surface area contributed by atoms with Crippen molar-refractivity contribution >= 4 is 5.97 Å². The van der Waals surface area contributed by atoms with Gasteiger partial charge >= 0.3 is 5.97 Å². The van der Waals surface area contributed by atoms with Gasteiger partial charge < -0.3 is 20.3 Å². The second-order valence-corrected chi connectivity index (χ2v) is 9.78. The third kappa shape index (κ3) is 24.3. The normalized spacial score (nSPS) is 12.4. The Morgan fingerprint density at radius 3 is 1.76 bits per heavy atom. The highest BCUT2D eigenvalue weighted by Crippen LogP contribution is 2.18. The van der Waals surface area contributed by atoms with Crippen molar-refractivity contribution in [1.29, 1.82) is 0 Å². The number of aliphatic hydroxyl groups excluding tert-OH is 2. The molecule has 0 aromatic rings. The Labute approximate surface area is 205 Å². The number of carbonyl (C=O) groups excluding carboxylic acids is 1. The first-order chi connectivity index (χ1) is 16.1. The molecule has 1 atom stereocenters. The SMILES string of the molecule is CCCCCCCCC(CCCCCCCC)OC(=O)CCCCCCCNCC(O)CO. The van der Waals surface area contributed by atoms with E-state index in [9.17, 15) is 9.90 Å². The van der Waals surface area contributed by atoms with Crippen LogP contribution in [0.5, 0.6) is 0 Å². The molecule has 0 aliphatic rings. The van der Waals surface area contributed by atoms with Gasteiger partial charge in [0.1, 0.15) is 6.10 Å². The van der Waals surface area contributed by atoms with Crippen molar-refractivity contribution < 1.29 is 19.7 Å². The lowest BCUT2D eigenvalue weighted by Crippen LogP contribution is -2.29. The van der Waals surface area contributed by atoms with Crippen LogP contribution in [0.2, 0.25) is 0 Å². The summed E-state index contributed by atoms with van der Waals surface area (Å²) >= 11 is 0. The first kappa shape index (κ1) is 32.4. The summed E-state index contributed by atoms with van der Waals surface area (Å²) in [5.74, 6) is -0.00313. The van der Waals surface area contributed by atoms with Crippen LogP contribution in [0.4, 0.5) is 0 Å². The van der Waals surface area contributed by atoms with Gasteiger partial charge in [0.15, 0.2) is 0 Å². The van der Waals surface area contributed by atoms with Crippen LogP contribution in [-0.4, -0.2) is 48.1 Å². The molecular formula is C28H57NO4. The number of rotatable bonds is 26. The van der Waals surface area contributed by atoms with E-state index in [4.69, 9.17) is 9.84 Å². The highest BCUT2D eigenvalue weighted by Gasteiger charge is 2.14. The molecule has 0 saturated carbocycles. The summed E-state index contributed by atoms with van der Waals surface area (Å²) in [5, 5.41) is 21.2. The standard InChI is InChI=1S/C28H57NO4/c1-3-5-7-9-12-16-20-27(21-17-13-10-8-6-4-2)33-28(32)22-18-14-11-15-19-23-29-24-26(31)25-30/h26-27,29-31H,3-25H2,1-2H3. The lowest BCUT2D eigenvalue weighted by atomic mass is 10.0. The predicted molar refractivity (Wildman–Crippen MR) is 140 cm³/mol. The van der Waals surface area contributed by atoms with E-state index in [2.05, 4.69) is 19.2 Å². The molecule has 3 N–H and O–H groups in total. The molecule has 0 spiro atoms. The highest BCUT2D eigenvalue weighted by atomic mass is 16.5. The van der Waals surface area contributed by atoms with Crippen molar-refractivity contribution in [2.75, 3.05) is 19.7 Å². The second-order valence-electron chi connectivity index (χ2n) is 9.78. The van der Waals surface area contributed by atoms with Crippen LogP contribution in [0.25, 0.3) is 0 Å². The molecule has 0 saturated heterocycles. The smallest absolute Gasteiger partial charge is 0.306 e. The fourth-order valence-electron chi connectivity index (χ4n) is 4.19. The maximum atomic E-state index is 12.4. The van der Waals surface area contributed by atoms with Crippen LogP contribution >= 0.6 is 0 Å². The van der Waals surface area contributed by atoms with Gasteiger partial charge in [-0.2, -0.15) is 0 Å². The molecule has 0 radical (unpaired) electrons. The van der Waals surface area contributed by atoms with Crippen LogP contribution in [0.1, 0.15) is 142 Å². The summed E-state index contributed by atoms with van der Waals surface area (Å²) in [4.78, 5) is 12.4. The Hall–Kier alpha value is -0.650. The number of unbranched alkanes of at least 4 members (excludes halogenated alkanes) is 14. The molecule has 0 amide bonds. The lowest BCUT2D eigenvalue weighted by Gasteiger charge is -2.18. The minimum Gasteiger partial charge on any atom is -0.462 e. The van der Waals surface area contributed by atoms with Gasteiger partial charge in [0.25, 0.3) is 0 Å². The molecule has 1 unspecified atom stereocenters. The number of hydrogen-bond donors (Lipinski definition) is 3. The van der Waals surface area contributed by atoms with Crippen LogP contribution in [0.15, 0.2) is 0 Å². The van der Waals surface area contributed by atoms with Crippen LogP contribution in [-0.2, 0) is 9.53 Å². The minimum atomic E-state index is -0.665. The van der Waals surface area contributed by atoms with Gasteiger partial charge in [-0.15, -0.1) is 0 Å². The van der Waals surface area contributed by atoms with Crippen molar-refractivity contribution in [3.05, 3.63) is 0 Å². The van der Waals surface area contributed by atoms with Crippen LogP contribution in [0, 0.1) is 0 Å². The Morgan fingerprint density at radius 1 is 0.727 bits per heavy atom. The van der Waals surface area contributed by atoms with Gasteiger partial charge in [-0.3, -0.25) is 4.79 Å². The number of esters is 1. The fourth-order valence-corrected chi connectivity index (χ4v) is 4.19. The molecule has 0 bridgehead atoms. The third-order valence-corrected chi connectivity index (χ3v) is 6.38. The Bertz CT molecular complexity index is 389. The molecule has 0 heterocycles. The molecule has 0 aliphatic carbocycles. The molecular weight excluding hydrogens is 414 g/mol.